The second-order valence-electron chi connectivity index (χ2n) is 6.52. The molecule has 7 nitrogen and oxygen atoms in total. The summed E-state index contributed by atoms with van der Waals surface area (Å²) < 4.78 is 11.4. The zero-order valence-electron chi connectivity index (χ0n) is 14.0. The van der Waals surface area contributed by atoms with E-state index in [1.165, 1.54) is 0 Å². The summed E-state index contributed by atoms with van der Waals surface area (Å²) in [7, 11) is 0. The Morgan fingerprint density at radius 3 is 2.68 bits per heavy atom. The number of H-pyrrole nitrogens is 1. The van der Waals surface area contributed by atoms with Crippen molar-refractivity contribution in [3.63, 3.8) is 0 Å². The summed E-state index contributed by atoms with van der Waals surface area (Å²) in [6.07, 6.45) is 2.18. The first-order chi connectivity index (χ1) is 12.2. The second-order valence-corrected chi connectivity index (χ2v) is 6.52. The van der Waals surface area contributed by atoms with Crippen molar-refractivity contribution in [3.8, 4) is 0 Å². The van der Waals surface area contributed by atoms with Crippen LogP contribution in [-0.2, 0) is 20.7 Å². The Bertz CT molecular complexity index is 832. The molecule has 1 aromatic carbocycles. The number of aryl methyl sites for hydroxylation is 1. The molecule has 2 aliphatic rings. The Labute approximate surface area is 145 Å². The largest absolute Gasteiger partial charge is 0.347 e. The van der Waals surface area contributed by atoms with Crippen molar-refractivity contribution < 1.29 is 14.3 Å². The van der Waals surface area contributed by atoms with Gasteiger partial charge in [-0.05, 0) is 12.1 Å². The summed E-state index contributed by atoms with van der Waals surface area (Å²) >= 11 is 0. The molecule has 0 atom stereocenters. The van der Waals surface area contributed by atoms with Crippen molar-refractivity contribution >= 4 is 16.8 Å². The molecule has 132 valence electrons. The van der Waals surface area contributed by atoms with E-state index in [4.69, 9.17) is 9.47 Å². The van der Waals surface area contributed by atoms with Gasteiger partial charge in [0.15, 0.2) is 5.79 Å². The third kappa shape index (κ3) is 3.29. The van der Waals surface area contributed by atoms with E-state index in [1.807, 2.05) is 23.1 Å². The molecule has 2 fully saturated rings. The van der Waals surface area contributed by atoms with E-state index in [0.717, 1.165) is 0 Å². The van der Waals surface area contributed by atoms with Crippen LogP contribution in [0.15, 0.2) is 29.1 Å². The minimum atomic E-state index is -0.470. The number of nitrogens with zero attached hydrogens (tertiary/aromatic N) is 2. The Hall–Kier alpha value is -2.25. The second kappa shape index (κ2) is 6.57. The number of hydrogen-bond acceptors (Lipinski definition) is 5. The number of likely N-dealkylation sites (tertiary alicyclic amines) is 1. The Balaban J connectivity index is 1.37. The number of rotatable bonds is 3. The Kier molecular flexibility index (Phi) is 4.27. The first-order valence-corrected chi connectivity index (χ1v) is 8.69. The van der Waals surface area contributed by atoms with E-state index in [-0.39, 0.29) is 11.5 Å². The summed E-state index contributed by atoms with van der Waals surface area (Å²) in [6.45, 7) is 2.55. The fraction of sp³-hybridized carbons (Fsp3) is 0.500. The monoisotopic (exact) mass is 343 g/mol. The van der Waals surface area contributed by atoms with Crippen LogP contribution in [0, 0.1) is 0 Å². The average molecular weight is 343 g/mol. The predicted molar refractivity (Wildman–Crippen MR) is 91.1 cm³/mol. The molecule has 2 aliphatic heterocycles. The fourth-order valence-corrected chi connectivity index (χ4v) is 3.52. The molecule has 1 aromatic heterocycles. The van der Waals surface area contributed by atoms with E-state index < -0.39 is 5.79 Å². The molecular formula is C18H21N3O4. The van der Waals surface area contributed by atoms with Gasteiger partial charge in [0, 0.05) is 38.8 Å². The highest BCUT2D eigenvalue weighted by Crippen LogP contribution is 2.31. The molecule has 0 bridgehead atoms. The minimum Gasteiger partial charge on any atom is -0.347 e. The highest BCUT2D eigenvalue weighted by molar-refractivity contribution is 5.78. The van der Waals surface area contributed by atoms with Gasteiger partial charge in [0.2, 0.25) is 5.91 Å². The van der Waals surface area contributed by atoms with Gasteiger partial charge in [-0.2, -0.15) is 0 Å². The molecule has 2 saturated heterocycles. The van der Waals surface area contributed by atoms with Gasteiger partial charge in [0.1, 0.15) is 5.82 Å². The van der Waals surface area contributed by atoms with Gasteiger partial charge in [0.05, 0.1) is 24.1 Å². The van der Waals surface area contributed by atoms with E-state index in [2.05, 4.69) is 9.97 Å². The smallest absolute Gasteiger partial charge is 0.258 e. The topological polar surface area (TPSA) is 84.5 Å². The van der Waals surface area contributed by atoms with Crippen molar-refractivity contribution in [2.24, 2.45) is 0 Å². The molecule has 3 heterocycles. The highest BCUT2D eigenvalue weighted by Gasteiger charge is 2.40. The van der Waals surface area contributed by atoms with Crippen LogP contribution in [0.4, 0.5) is 0 Å². The maximum absolute atomic E-state index is 12.4. The maximum Gasteiger partial charge on any atom is 0.258 e. The van der Waals surface area contributed by atoms with Crippen molar-refractivity contribution in [1.82, 2.24) is 14.9 Å². The molecule has 0 unspecified atom stereocenters. The summed E-state index contributed by atoms with van der Waals surface area (Å²) in [5.74, 6) is 0.152. The van der Waals surface area contributed by atoms with Crippen LogP contribution in [0.2, 0.25) is 0 Å². The van der Waals surface area contributed by atoms with Gasteiger partial charge < -0.3 is 19.4 Å². The lowest BCUT2D eigenvalue weighted by Crippen LogP contribution is -2.47. The van der Waals surface area contributed by atoms with Crippen LogP contribution in [0.5, 0.6) is 0 Å². The zero-order chi connectivity index (χ0) is 17.3. The van der Waals surface area contributed by atoms with Gasteiger partial charge in [-0.25, -0.2) is 4.98 Å². The van der Waals surface area contributed by atoms with Crippen LogP contribution in [0.25, 0.3) is 10.9 Å². The van der Waals surface area contributed by atoms with Crippen molar-refractivity contribution in [2.45, 2.75) is 31.5 Å². The van der Waals surface area contributed by atoms with E-state index in [1.54, 1.807) is 6.07 Å². The number of para-hydroxylation sites is 1. The van der Waals surface area contributed by atoms with Gasteiger partial charge in [-0.1, -0.05) is 12.1 Å². The maximum atomic E-state index is 12.4. The number of carbonyl (C=O) groups is 1. The first-order valence-electron chi connectivity index (χ1n) is 8.69. The summed E-state index contributed by atoms with van der Waals surface area (Å²) in [5, 5.41) is 0.565. The first kappa shape index (κ1) is 16.2. The van der Waals surface area contributed by atoms with Crippen LogP contribution in [0.3, 0.4) is 0 Å². The lowest BCUT2D eigenvalue weighted by Gasteiger charge is -2.37. The van der Waals surface area contributed by atoms with Gasteiger partial charge in [0.25, 0.3) is 5.56 Å². The van der Waals surface area contributed by atoms with E-state index in [9.17, 15) is 9.59 Å². The number of carbonyl (C=O) groups excluding carboxylic acids is 1. The van der Waals surface area contributed by atoms with Crippen LogP contribution < -0.4 is 5.56 Å². The highest BCUT2D eigenvalue weighted by atomic mass is 16.7. The van der Waals surface area contributed by atoms with Gasteiger partial charge in [-0.3, -0.25) is 9.59 Å². The normalized spacial score (nSPS) is 19.6. The number of nitrogens with one attached hydrogen (secondary N) is 1. The van der Waals surface area contributed by atoms with Crippen LogP contribution >= 0.6 is 0 Å². The van der Waals surface area contributed by atoms with Crippen molar-refractivity contribution in [1.29, 1.82) is 0 Å². The number of amides is 1. The van der Waals surface area contributed by atoms with Crippen LogP contribution in [-0.4, -0.2) is 52.9 Å². The number of fused-ring (bicyclic) bond motifs is 1. The molecule has 2 aromatic rings. The summed E-state index contributed by atoms with van der Waals surface area (Å²) in [6, 6.07) is 7.21. The number of aromatic nitrogens is 2. The van der Waals surface area contributed by atoms with Gasteiger partial charge >= 0.3 is 0 Å². The van der Waals surface area contributed by atoms with Crippen molar-refractivity contribution in [2.75, 3.05) is 26.3 Å². The Morgan fingerprint density at radius 1 is 1.20 bits per heavy atom. The zero-order valence-corrected chi connectivity index (χ0v) is 14.0. The Morgan fingerprint density at radius 2 is 1.92 bits per heavy atom. The molecular weight excluding hydrogens is 322 g/mol. The quantitative estimate of drug-likeness (QED) is 0.906. The molecule has 25 heavy (non-hydrogen) atoms. The standard InChI is InChI=1S/C18H21N3O4/c22-16(21-9-7-18(8-10-21)24-11-12-25-18)6-5-15-19-14-4-2-1-3-13(14)17(23)20-15/h1-4H,5-12H2,(H,19,20,23). The molecule has 1 spiro atoms. The third-order valence-electron chi connectivity index (χ3n) is 4.93. The minimum absolute atomic E-state index is 0.0728. The van der Waals surface area contributed by atoms with Crippen molar-refractivity contribution in [3.05, 3.63) is 40.4 Å². The van der Waals surface area contributed by atoms with Crippen LogP contribution in [0.1, 0.15) is 25.1 Å². The molecule has 0 radical (unpaired) electrons. The number of hydrogen-bond donors (Lipinski definition) is 1. The molecule has 1 N–H and O–H groups in total. The predicted octanol–water partition coefficient (Wildman–Crippen LogP) is 1.22. The summed E-state index contributed by atoms with van der Waals surface area (Å²) in [5.41, 5.74) is 0.493. The fourth-order valence-electron chi connectivity index (χ4n) is 3.52. The molecule has 0 aliphatic carbocycles. The molecule has 1 amide bonds. The summed E-state index contributed by atoms with van der Waals surface area (Å²) in [4.78, 5) is 33.6. The number of piperidine rings is 1. The average Bonchev–Trinajstić information content (AvgIpc) is 3.08. The lowest BCUT2D eigenvalue weighted by atomic mass is 10.0. The molecule has 4 rings (SSSR count). The third-order valence-corrected chi connectivity index (χ3v) is 4.93. The van der Waals surface area contributed by atoms with Gasteiger partial charge in [-0.15, -0.1) is 0 Å². The van der Waals surface area contributed by atoms with E-state index in [0.29, 0.717) is 68.7 Å². The number of aromatic amines is 1. The molecule has 0 saturated carbocycles. The SMILES string of the molecule is O=C(CCc1nc2ccccc2c(=O)[nH]1)N1CCC2(CC1)OCCO2. The molecule has 7 heteroatoms. The lowest BCUT2D eigenvalue weighted by molar-refractivity contribution is -0.187. The number of ether oxygens (including phenoxy) is 2. The number of benzene rings is 1. The van der Waals surface area contributed by atoms with E-state index >= 15 is 0 Å².